The molecule has 0 bridgehead atoms. The van der Waals surface area contributed by atoms with Crippen molar-refractivity contribution in [3.05, 3.63) is 28.2 Å². The van der Waals surface area contributed by atoms with Crippen molar-refractivity contribution in [2.75, 3.05) is 31.1 Å². The Morgan fingerprint density at radius 1 is 1.05 bits per heavy atom. The summed E-state index contributed by atoms with van der Waals surface area (Å²) in [6, 6.07) is 6.82. The van der Waals surface area contributed by atoms with Gasteiger partial charge in [0.15, 0.2) is 6.29 Å². The summed E-state index contributed by atoms with van der Waals surface area (Å²) < 4.78 is 0.896. The lowest BCUT2D eigenvalue weighted by Gasteiger charge is -2.41. The summed E-state index contributed by atoms with van der Waals surface area (Å²) in [4.78, 5) is 16.0. The molecule has 2 aliphatic rings. The largest absolute Gasteiger partial charge is 0.371 e. The molecule has 3 rings (SSSR count). The molecule has 21 heavy (non-hydrogen) atoms. The van der Waals surface area contributed by atoms with Gasteiger partial charge in [0.05, 0.1) is 0 Å². The Morgan fingerprint density at radius 3 is 2.38 bits per heavy atom. The van der Waals surface area contributed by atoms with E-state index < -0.39 is 0 Å². The van der Waals surface area contributed by atoms with E-state index in [0.29, 0.717) is 0 Å². The average molecular weight is 351 g/mol. The van der Waals surface area contributed by atoms with Crippen LogP contribution < -0.4 is 4.90 Å². The molecule has 0 atom stereocenters. The zero-order chi connectivity index (χ0) is 14.7. The van der Waals surface area contributed by atoms with Crippen molar-refractivity contribution in [2.24, 2.45) is 0 Å². The molecule has 2 fully saturated rings. The fourth-order valence-corrected chi connectivity index (χ4v) is 4.04. The molecule has 0 saturated carbocycles. The normalized spacial score (nSPS) is 21.5. The molecule has 2 aliphatic heterocycles. The number of anilines is 1. The van der Waals surface area contributed by atoms with Gasteiger partial charge >= 0.3 is 0 Å². The lowest BCUT2D eigenvalue weighted by atomic mass is 9.99. The van der Waals surface area contributed by atoms with E-state index in [1.807, 2.05) is 6.07 Å². The molecule has 1 aromatic carbocycles. The highest BCUT2D eigenvalue weighted by Gasteiger charge is 2.25. The third-order valence-corrected chi connectivity index (χ3v) is 5.53. The summed E-state index contributed by atoms with van der Waals surface area (Å²) in [5.41, 5.74) is 1.95. The SMILES string of the molecule is O=Cc1ccc(N2CCC(N3CCCCC3)CC2)cc1Br. The minimum absolute atomic E-state index is 0.724. The van der Waals surface area contributed by atoms with Crippen molar-refractivity contribution in [1.29, 1.82) is 0 Å². The summed E-state index contributed by atoms with van der Waals surface area (Å²) in [6.07, 6.45) is 7.57. The van der Waals surface area contributed by atoms with Gasteiger partial charge in [0, 0.05) is 34.9 Å². The van der Waals surface area contributed by atoms with Gasteiger partial charge in [-0.25, -0.2) is 0 Å². The van der Waals surface area contributed by atoms with Crippen LogP contribution in [0.1, 0.15) is 42.5 Å². The molecular weight excluding hydrogens is 328 g/mol. The quantitative estimate of drug-likeness (QED) is 0.776. The van der Waals surface area contributed by atoms with Crippen LogP contribution in [0.5, 0.6) is 0 Å². The van der Waals surface area contributed by atoms with Gasteiger partial charge in [-0.1, -0.05) is 6.42 Å². The number of halogens is 1. The lowest BCUT2D eigenvalue weighted by Crippen LogP contribution is -2.46. The fourth-order valence-electron chi connectivity index (χ4n) is 3.58. The molecule has 2 saturated heterocycles. The monoisotopic (exact) mass is 350 g/mol. The van der Waals surface area contributed by atoms with Gasteiger partial charge in [0.25, 0.3) is 0 Å². The Balaban J connectivity index is 1.60. The molecule has 0 aliphatic carbocycles. The molecule has 0 aromatic heterocycles. The van der Waals surface area contributed by atoms with Gasteiger partial charge in [-0.3, -0.25) is 4.79 Å². The number of rotatable bonds is 3. The van der Waals surface area contributed by atoms with E-state index in [1.165, 1.54) is 50.9 Å². The van der Waals surface area contributed by atoms with Crippen LogP contribution in [0.4, 0.5) is 5.69 Å². The first-order valence-electron chi connectivity index (χ1n) is 8.01. The standard InChI is InChI=1S/C17H23BrN2O/c18-17-12-16(5-4-14(17)13-21)20-10-6-15(7-11-20)19-8-2-1-3-9-19/h4-5,12-13,15H,1-3,6-11H2. The Kier molecular flexibility index (Phi) is 4.96. The highest BCUT2D eigenvalue weighted by molar-refractivity contribution is 9.10. The van der Waals surface area contributed by atoms with Crippen molar-refractivity contribution in [3.8, 4) is 0 Å². The minimum atomic E-state index is 0.724. The van der Waals surface area contributed by atoms with Crippen molar-refractivity contribution in [2.45, 2.75) is 38.1 Å². The van der Waals surface area contributed by atoms with Crippen molar-refractivity contribution in [3.63, 3.8) is 0 Å². The van der Waals surface area contributed by atoms with Crippen LogP contribution in [0.15, 0.2) is 22.7 Å². The second-order valence-electron chi connectivity index (χ2n) is 6.14. The van der Waals surface area contributed by atoms with Crippen LogP contribution in [-0.2, 0) is 0 Å². The molecule has 0 radical (unpaired) electrons. The summed E-state index contributed by atoms with van der Waals surface area (Å²) >= 11 is 3.48. The smallest absolute Gasteiger partial charge is 0.151 e. The molecule has 0 unspecified atom stereocenters. The molecule has 0 spiro atoms. The van der Waals surface area contributed by atoms with E-state index >= 15 is 0 Å². The van der Waals surface area contributed by atoms with Gasteiger partial charge in [-0.2, -0.15) is 0 Å². The first-order chi connectivity index (χ1) is 10.3. The maximum atomic E-state index is 10.9. The summed E-state index contributed by atoms with van der Waals surface area (Å²) in [5.74, 6) is 0. The van der Waals surface area contributed by atoms with Crippen molar-refractivity contribution in [1.82, 2.24) is 4.90 Å². The van der Waals surface area contributed by atoms with Crippen LogP contribution in [0, 0.1) is 0 Å². The van der Waals surface area contributed by atoms with Gasteiger partial charge < -0.3 is 9.80 Å². The lowest BCUT2D eigenvalue weighted by molar-refractivity contribution is 0.112. The molecule has 4 heteroatoms. The molecule has 1 aromatic rings. The Labute approximate surface area is 135 Å². The summed E-state index contributed by atoms with van der Waals surface area (Å²) in [6.45, 7) is 4.83. The zero-order valence-electron chi connectivity index (χ0n) is 12.4. The maximum absolute atomic E-state index is 10.9. The summed E-state index contributed by atoms with van der Waals surface area (Å²) in [5, 5.41) is 0. The van der Waals surface area contributed by atoms with Gasteiger partial charge in [0.1, 0.15) is 0 Å². The number of likely N-dealkylation sites (tertiary alicyclic amines) is 1. The number of carbonyl (C=O) groups is 1. The van der Waals surface area contributed by atoms with E-state index in [2.05, 4.69) is 37.9 Å². The van der Waals surface area contributed by atoms with Crippen LogP contribution >= 0.6 is 15.9 Å². The minimum Gasteiger partial charge on any atom is -0.371 e. The Bertz CT molecular complexity index is 492. The van der Waals surface area contributed by atoms with Gasteiger partial charge in [-0.15, -0.1) is 0 Å². The molecule has 114 valence electrons. The second-order valence-corrected chi connectivity index (χ2v) is 6.99. The average Bonchev–Trinajstić information content (AvgIpc) is 2.56. The topological polar surface area (TPSA) is 23.6 Å². The van der Waals surface area contributed by atoms with Crippen molar-refractivity contribution >= 4 is 27.9 Å². The number of hydrogen-bond donors (Lipinski definition) is 0. The molecular formula is C17H23BrN2O. The number of aldehydes is 1. The third kappa shape index (κ3) is 3.49. The number of piperidine rings is 2. The Morgan fingerprint density at radius 2 is 1.76 bits per heavy atom. The van der Waals surface area contributed by atoms with Crippen LogP contribution in [-0.4, -0.2) is 43.4 Å². The van der Waals surface area contributed by atoms with Gasteiger partial charge in [0.2, 0.25) is 0 Å². The predicted molar refractivity (Wildman–Crippen MR) is 90.2 cm³/mol. The molecule has 2 heterocycles. The Hall–Kier alpha value is -0.870. The van der Waals surface area contributed by atoms with Gasteiger partial charge in [-0.05, 0) is 72.9 Å². The van der Waals surface area contributed by atoms with E-state index in [-0.39, 0.29) is 0 Å². The van der Waals surface area contributed by atoms with E-state index in [0.717, 1.165) is 35.5 Å². The maximum Gasteiger partial charge on any atom is 0.151 e. The fraction of sp³-hybridized carbons (Fsp3) is 0.588. The number of carbonyl (C=O) groups excluding carboxylic acids is 1. The van der Waals surface area contributed by atoms with Crippen LogP contribution in [0.2, 0.25) is 0 Å². The number of benzene rings is 1. The highest BCUT2D eigenvalue weighted by atomic mass is 79.9. The molecule has 0 N–H and O–H groups in total. The molecule has 0 amide bonds. The summed E-state index contributed by atoms with van der Waals surface area (Å²) in [7, 11) is 0. The van der Waals surface area contributed by atoms with E-state index in [4.69, 9.17) is 0 Å². The predicted octanol–water partition coefficient (Wildman–Crippen LogP) is 3.72. The molecule has 3 nitrogen and oxygen atoms in total. The third-order valence-electron chi connectivity index (χ3n) is 4.85. The van der Waals surface area contributed by atoms with Crippen LogP contribution in [0.3, 0.4) is 0 Å². The zero-order valence-corrected chi connectivity index (χ0v) is 14.0. The first-order valence-corrected chi connectivity index (χ1v) is 8.81. The second kappa shape index (κ2) is 6.93. The van der Waals surface area contributed by atoms with E-state index in [1.54, 1.807) is 0 Å². The number of hydrogen-bond acceptors (Lipinski definition) is 3. The van der Waals surface area contributed by atoms with Crippen LogP contribution in [0.25, 0.3) is 0 Å². The van der Waals surface area contributed by atoms with E-state index in [9.17, 15) is 4.79 Å². The first kappa shape index (κ1) is 15.0. The van der Waals surface area contributed by atoms with Crippen molar-refractivity contribution < 1.29 is 4.79 Å². The number of nitrogens with zero attached hydrogens (tertiary/aromatic N) is 2. The highest BCUT2D eigenvalue weighted by Crippen LogP contribution is 2.27.